The summed E-state index contributed by atoms with van der Waals surface area (Å²) in [5.41, 5.74) is -5.75. The molecule has 0 aliphatic heterocycles. The van der Waals surface area contributed by atoms with Gasteiger partial charge in [-0.05, 0) is 73.8 Å². The van der Waals surface area contributed by atoms with Crippen molar-refractivity contribution >= 4 is 5.78 Å². The predicted molar refractivity (Wildman–Crippen MR) is 128 cm³/mol. The lowest BCUT2D eigenvalue weighted by Crippen LogP contribution is -2.74. The Labute approximate surface area is 199 Å². The summed E-state index contributed by atoms with van der Waals surface area (Å²) in [6.45, 7) is 12.8. The molecule has 5 heteroatoms. The summed E-state index contributed by atoms with van der Waals surface area (Å²) in [6, 6.07) is 0. The van der Waals surface area contributed by atoms with Crippen molar-refractivity contribution < 1.29 is 25.2 Å². The van der Waals surface area contributed by atoms with E-state index in [4.69, 9.17) is 0 Å². The number of carbonyl (C=O) groups excluding carboxylic acids is 1. The molecular weight excluding hydrogens is 416 g/mol. The van der Waals surface area contributed by atoms with Crippen LogP contribution in [0.5, 0.6) is 0 Å². The third-order valence-electron chi connectivity index (χ3n) is 10.9. The van der Waals surface area contributed by atoms with E-state index in [0.29, 0.717) is 49.5 Å². The summed E-state index contributed by atoms with van der Waals surface area (Å²) < 4.78 is 0. The molecule has 186 valence electrons. The van der Waals surface area contributed by atoms with E-state index in [1.54, 1.807) is 6.92 Å². The van der Waals surface area contributed by atoms with Gasteiger partial charge >= 0.3 is 0 Å². The minimum Gasteiger partial charge on any atom is -0.393 e. The van der Waals surface area contributed by atoms with Gasteiger partial charge in [-0.25, -0.2) is 0 Å². The molecule has 4 aliphatic carbocycles. The van der Waals surface area contributed by atoms with E-state index in [1.165, 1.54) is 6.08 Å². The number of hydrogen-bond donors (Lipinski definition) is 4. The van der Waals surface area contributed by atoms with Crippen molar-refractivity contribution in [2.45, 2.75) is 109 Å². The standard InChI is InChI=1S/C28H44O5/c1-17(2)18(3)7-8-19(4)21-10-12-26(31)22-15-23(30)28(33)16-20(29)9-11-25(28,6)27(22,32)14-13-24(21,26)5/h7-8,15,17-21,29,31-33H,9-14,16H2,1-6H3/b8-7+/t18-,19+,20-,21+,24+,25+,26-,27+,28-/m0/s1. The molecular formula is C28H44O5. The first-order chi connectivity index (χ1) is 15.2. The van der Waals surface area contributed by atoms with Crippen LogP contribution in [0.1, 0.15) is 86.5 Å². The highest BCUT2D eigenvalue weighted by atomic mass is 16.3. The van der Waals surface area contributed by atoms with Crippen LogP contribution < -0.4 is 0 Å². The first-order valence-corrected chi connectivity index (χ1v) is 13.0. The van der Waals surface area contributed by atoms with Crippen molar-refractivity contribution in [1.82, 2.24) is 0 Å². The molecule has 0 spiro atoms. The monoisotopic (exact) mass is 460 g/mol. The molecule has 0 aromatic carbocycles. The fourth-order valence-electron chi connectivity index (χ4n) is 7.89. The van der Waals surface area contributed by atoms with Crippen LogP contribution >= 0.6 is 0 Å². The van der Waals surface area contributed by atoms with Crippen molar-refractivity contribution in [2.24, 2.45) is 34.5 Å². The summed E-state index contributed by atoms with van der Waals surface area (Å²) in [5, 5.41) is 46.1. The number of fused-ring (bicyclic) bond motifs is 5. The van der Waals surface area contributed by atoms with Gasteiger partial charge in [0.25, 0.3) is 0 Å². The topological polar surface area (TPSA) is 98.0 Å². The van der Waals surface area contributed by atoms with Crippen molar-refractivity contribution in [2.75, 3.05) is 0 Å². The van der Waals surface area contributed by atoms with Crippen molar-refractivity contribution in [3.63, 3.8) is 0 Å². The Morgan fingerprint density at radius 3 is 2.21 bits per heavy atom. The third kappa shape index (κ3) is 3.15. The normalized spacial score (nSPS) is 49.4. The number of aliphatic hydroxyl groups excluding tert-OH is 1. The maximum absolute atomic E-state index is 13.3. The van der Waals surface area contributed by atoms with E-state index in [2.05, 4.69) is 46.8 Å². The van der Waals surface area contributed by atoms with Crippen LogP contribution in [0.2, 0.25) is 0 Å². The number of allylic oxidation sites excluding steroid dienone is 2. The fraction of sp³-hybridized carbons (Fsp3) is 0.821. The van der Waals surface area contributed by atoms with Crippen molar-refractivity contribution in [3.8, 4) is 0 Å². The van der Waals surface area contributed by atoms with E-state index in [0.717, 1.165) is 6.42 Å². The lowest BCUT2D eigenvalue weighted by Gasteiger charge is -2.65. The lowest BCUT2D eigenvalue weighted by molar-refractivity contribution is -0.237. The summed E-state index contributed by atoms with van der Waals surface area (Å²) in [4.78, 5) is 13.3. The maximum Gasteiger partial charge on any atom is 0.188 e. The minimum absolute atomic E-state index is 0.0669. The van der Waals surface area contributed by atoms with Crippen LogP contribution in [-0.4, -0.2) is 49.1 Å². The van der Waals surface area contributed by atoms with E-state index in [1.807, 2.05) is 0 Å². The summed E-state index contributed by atoms with van der Waals surface area (Å²) in [6.07, 6.45) is 8.21. The molecule has 0 bridgehead atoms. The van der Waals surface area contributed by atoms with Gasteiger partial charge in [-0.15, -0.1) is 0 Å². The Balaban J connectivity index is 1.73. The molecule has 4 N–H and O–H groups in total. The van der Waals surface area contributed by atoms with E-state index >= 15 is 0 Å². The molecule has 33 heavy (non-hydrogen) atoms. The molecule has 4 aliphatic rings. The number of ketones is 1. The second kappa shape index (κ2) is 7.74. The highest BCUT2D eigenvalue weighted by Crippen LogP contribution is 2.70. The summed E-state index contributed by atoms with van der Waals surface area (Å²) >= 11 is 0. The molecule has 0 heterocycles. The molecule has 5 nitrogen and oxygen atoms in total. The van der Waals surface area contributed by atoms with Crippen LogP contribution in [0.25, 0.3) is 0 Å². The van der Waals surface area contributed by atoms with E-state index < -0.39 is 39.5 Å². The van der Waals surface area contributed by atoms with Gasteiger partial charge in [-0.2, -0.15) is 0 Å². The Morgan fingerprint density at radius 1 is 0.909 bits per heavy atom. The summed E-state index contributed by atoms with van der Waals surface area (Å²) in [5.74, 6) is 1.08. The molecule has 0 unspecified atom stereocenters. The predicted octanol–water partition coefficient (Wildman–Crippen LogP) is 3.93. The zero-order valence-electron chi connectivity index (χ0n) is 21.3. The van der Waals surface area contributed by atoms with E-state index in [-0.39, 0.29) is 18.3 Å². The lowest BCUT2D eigenvalue weighted by atomic mass is 9.42. The van der Waals surface area contributed by atoms with Crippen molar-refractivity contribution in [3.05, 3.63) is 23.8 Å². The molecule has 0 radical (unpaired) electrons. The van der Waals surface area contributed by atoms with E-state index in [9.17, 15) is 25.2 Å². The quantitative estimate of drug-likeness (QED) is 0.477. The fourth-order valence-corrected chi connectivity index (χ4v) is 7.89. The maximum atomic E-state index is 13.3. The Morgan fingerprint density at radius 2 is 1.58 bits per heavy atom. The molecule has 0 saturated heterocycles. The van der Waals surface area contributed by atoms with Crippen LogP contribution in [-0.2, 0) is 4.79 Å². The molecule has 0 aromatic heterocycles. The molecule has 0 aromatic rings. The molecule has 9 atom stereocenters. The first kappa shape index (κ1) is 25.1. The smallest absolute Gasteiger partial charge is 0.188 e. The highest BCUT2D eigenvalue weighted by molar-refractivity contribution is 6.00. The van der Waals surface area contributed by atoms with Gasteiger partial charge in [0.2, 0.25) is 0 Å². The number of hydrogen-bond acceptors (Lipinski definition) is 5. The zero-order valence-corrected chi connectivity index (χ0v) is 21.3. The van der Waals surface area contributed by atoms with Crippen LogP contribution in [0, 0.1) is 34.5 Å². The molecule has 4 rings (SSSR count). The van der Waals surface area contributed by atoms with Crippen LogP contribution in [0.3, 0.4) is 0 Å². The molecule has 0 amide bonds. The van der Waals surface area contributed by atoms with Gasteiger partial charge in [0.15, 0.2) is 5.78 Å². The Bertz CT molecular complexity index is 878. The van der Waals surface area contributed by atoms with Gasteiger partial charge in [0, 0.05) is 17.3 Å². The second-order valence-corrected chi connectivity index (χ2v) is 12.6. The number of aliphatic hydroxyl groups is 4. The zero-order chi connectivity index (χ0) is 24.6. The second-order valence-electron chi connectivity index (χ2n) is 12.6. The largest absolute Gasteiger partial charge is 0.393 e. The van der Waals surface area contributed by atoms with Crippen LogP contribution in [0.15, 0.2) is 23.8 Å². The SMILES string of the molecule is CC(C)[C@@H](C)/C=C/[C@@H](C)[C@H]1CC[C@]2(O)C3=CC(=O)[C@@]4(O)C[C@@H](O)CC[C@]4(C)[C@@]3(O)CC[C@]12C. The highest BCUT2D eigenvalue weighted by Gasteiger charge is 2.74. The third-order valence-corrected chi connectivity index (χ3v) is 10.9. The van der Waals surface area contributed by atoms with Crippen LogP contribution in [0.4, 0.5) is 0 Å². The van der Waals surface area contributed by atoms with Gasteiger partial charge in [-0.1, -0.05) is 53.7 Å². The summed E-state index contributed by atoms with van der Waals surface area (Å²) in [7, 11) is 0. The van der Waals surface area contributed by atoms with Gasteiger partial charge in [0.05, 0.1) is 17.3 Å². The molecule has 3 saturated carbocycles. The van der Waals surface area contributed by atoms with Crippen molar-refractivity contribution in [1.29, 1.82) is 0 Å². The Kier molecular flexibility index (Phi) is 5.89. The average molecular weight is 461 g/mol. The average Bonchev–Trinajstić information content (AvgIpc) is 3.02. The van der Waals surface area contributed by atoms with Gasteiger partial charge < -0.3 is 20.4 Å². The van der Waals surface area contributed by atoms with Gasteiger partial charge in [-0.3, -0.25) is 4.79 Å². The minimum atomic E-state index is -1.81. The van der Waals surface area contributed by atoms with Gasteiger partial charge in [0.1, 0.15) is 5.60 Å². The first-order valence-electron chi connectivity index (χ1n) is 13.0. The number of carbonyl (C=O) groups is 1. The number of rotatable bonds is 4. The Hall–Kier alpha value is -1.01. The molecule has 3 fully saturated rings.